The van der Waals surface area contributed by atoms with Crippen LogP contribution in [0.5, 0.6) is 0 Å². The number of hydrogen-bond donors (Lipinski definition) is 3. The molecular formula is C18H21ClN4O4. The molecule has 2 rings (SSSR count). The van der Waals surface area contributed by atoms with Gasteiger partial charge in [-0.1, -0.05) is 17.7 Å². The molecule has 144 valence electrons. The zero-order valence-corrected chi connectivity index (χ0v) is 16.2. The molecule has 2 aromatic rings. The van der Waals surface area contributed by atoms with Crippen LogP contribution in [0.1, 0.15) is 48.7 Å². The Hall–Kier alpha value is -2.87. The van der Waals surface area contributed by atoms with Gasteiger partial charge in [0, 0.05) is 10.7 Å². The van der Waals surface area contributed by atoms with E-state index in [1.54, 1.807) is 45.0 Å². The van der Waals surface area contributed by atoms with Gasteiger partial charge in [-0.15, -0.1) is 0 Å². The molecule has 1 atom stereocenters. The molecule has 0 aliphatic heterocycles. The lowest BCUT2D eigenvalue weighted by Gasteiger charge is -2.22. The number of carbonyl (C=O) groups is 3. The summed E-state index contributed by atoms with van der Waals surface area (Å²) in [6.07, 6.45) is 1.22. The number of aromatic amines is 1. The van der Waals surface area contributed by atoms with Gasteiger partial charge in [0.1, 0.15) is 17.3 Å². The molecule has 0 saturated heterocycles. The van der Waals surface area contributed by atoms with Gasteiger partial charge >= 0.3 is 5.97 Å². The molecule has 0 aliphatic carbocycles. The lowest BCUT2D eigenvalue weighted by Crippen LogP contribution is -2.42. The van der Waals surface area contributed by atoms with Crippen LogP contribution in [0.15, 0.2) is 30.6 Å². The largest absolute Gasteiger partial charge is 0.458 e. The van der Waals surface area contributed by atoms with Crippen molar-refractivity contribution in [3.8, 4) is 0 Å². The number of nitrogens with one attached hydrogen (secondary N) is 3. The Balaban J connectivity index is 2.07. The number of halogens is 1. The van der Waals surface area contributed by atoms with E-state index < -0.39 is 29.4 Å². The molecule has 0 spiro atoms. The normalized spacial score (nSPS) is 12.2. The molecule has 1 aromatic heterocycles. The van der Waals surface area contributed by atoms with Gasteiger partial charge in [0.25, 0.3) is 11.8 Å². The van der Waals surface area contributed by atoms with Crippen molar-refractivity contribution in [1.82, 2.24) is 15.3 Å². The first-order chi connectivity index (χ1) is 12.6. The smallest absolute Gasteiger partial charge is 0.328 e. The monoisotopic (exact) mass is 392 g/mol. The average Bonchev–Trinajstić information content (AvgIpc) is 3.03. The highest BCUT2D eigenvalue weighted by molar-refractivity contribution is 6.31. The number of aromatic nitrogens is 2. The van der Waals surface area contributed by atoms with Crippen molar-refractivity contribution < 1.29 is 19.1 Å². The van der Waals surface area contributed by atoms with Crippen LogP contribution in [0.4, 0.5) is 5.69 Å². The minimum atomic E-state index is -0.899. The van der Waals surface area contributed by atoms with Crippen molar-refractivity contribution >= 4 is 35.1 Å². The Morgan fingerprint density at radius 3 is 2.56 bits per heavy atom. The Morgan fingerprint density at radius 1 is 1.22 bits per heavy atom. The lowest BCUT2D eigenvalue weighted by atomic mass is 10.2. The van der Waals surface area contributed by atoms with Crippen LogP contribution in [0, 0.1) is 0 Å². The number of esters is 1. The SMILES string of the molecule is C[C@@H](NC(=O)c1[nH]cnc1C(=O)Nc1cccc(Cl)c1)C(=O)OC(C)(C)C. The molecule has 0 unspecified atom stereocenters. The van der Waals surface area contributed by atoms with E-state index >= 15 is 0 Å². The van der Waals surface area contributed by atoms with Crippen LogP contribution < -0.4 is 10.6 Å². The standard InChI is InChI=1S/C18H21ClN4O4/c1-10(17(26)27-18(2,3)4)22-15(24)13-14(21-9-20-13)16(25)23-12-7-5-6-11(19)8-12/h5-10H,1-4H3,(H,20,21)(H,22,24)(H,23,25)/t10-/m1/s1. The van der Waals surface area contributed by atoms with Gasteiger partial charge in [0.2, 0.25) is 0 Å². The van der Waals surface area contributed by atoms with E-state index in [9.17, 15) is 14.4 Å². The van der Waals surface area contributed by atoms with Crippen molar-refractivity contribution in [1.29, 1.82) is 0 Å². The molecule has 2 amide bonds. The van der Waals surface area contributed by atoms with E-state index in [4.69, 9.17) is 16.3 Å². The Kier molecular flexibility index (Phi) is 6.22. The predicted molar refractivity (Wildman–Crippen MR) is 101 cm³/mol. The maximum atomic E-state index is 12.4. The van der Waals surface area contributed by atoms with Gasteiger partial charge in [0.05, 0.1) is 6.33 Å². The van der Waals surface area contributed by atoms with E-state index in [0.717, 1.165) is 0 Å². The van der Waals surface area contributed by atoms with Gasteiger partial charge < -0.3 is 20.4 Å². The fourth-order valence-corrected chi connectivity index (χ4v) is 2.30. The second-order valence-corrected chi connectivity index (χ2v) is 7.26. The first-order valence-corrected chi connectivity index (χ1v) is 8.58. The number of rotatable bonds is 5. The second-order valence-electron chi connectivity index (χ2n) is 6.82. The maximum absolute atomic E-state index is 12.4. The maximum Gasteiger partial charge on any atom is 0.328 e. The number of amides is 2. The van der Waals surface area contributed by atoms with E-state index in [-0.39, 0.29) is 11.4 Å². The number of H-pyrrole nitrogens is 1. The lowest BCUT2D eigenvalue weighted by molar-refractivity contribution is -0.156. The summed E-state index contributed by atoms with van der Waals surface area (Å²) < 4.78 is 5.21. The van der Waals surface area contributed by atoms with E-state index in [0.29, 0.717) is 10.7 Å². The highest BCUT2D eigenvalue weighted by Crippen LogP contribution is 2.16. The van der Waals surface area contributed by atoms with E-state index in [1.165, 1.54) is 13.3 Å². The highest BCUT2D eigenvalue weighted by Gasteiger charge is 2.26. The highest BCUT2D eigenvalue weighted by atomic mass is 35.5. The number of benzene rings is 1. The van der Waals surface area contributed by atoms with Crippen molar-refractivity contribution in [2.45, 2.75) is 39.3 Å². The number of imidazole rings is 1. The minimum absolute atomic E-state index is 0.0649. The van der Waals surface area contributed by atoms with Gasteiger partial charge in [-0.3, -0.25) is 9.59 Å². The second kappa shape index (κ2) is 8.22. The summed E-state index contributed by atoms with van der Waals surface area (Å²) in [5, 5.41) is 5.55. The zero-order valence-electron chi connectivity index (χ0n) is 15.4. The number of hydrogen-bond acceptors (Lipinski definition) is 5. The third kappa shape index (κ3) is 5.82. The Labute approximate surface area is 161 Å². The quantitative estimate of drug-likeness (QED) is 0.677. The Morgan fingerprint density at radius 2 is 1.93 bits per heavy atom. The third-order valence-corrected chi connectivity index (χ3v) is 3.51. The summed E-state index contributed by atoms with van der Waals surface area (Å²) in [6, 6.07) is 5.67. The summed E-state index contributed by atoms with van der Waals surface area (Å²) in [7, 11) is 0. The third-order valence-electron chi connectivity index (χ3n) is 3.27. The average molecular weight is 393 g/mol. The Bertz CT molecular complexity index is 857. The molecule has 0 saturated carbocycles. The van der Waals surface area contributed by atoms with Crippen LogP contribution >= 0.6 is 11.6 Å². The molecule has 9 heteroatoms. The first kappa shape index (κ1) is 20.4. The molecular weight excluding hydrogens is 372 g/mol. The van der Waals surface area contributed by atoms with Gasteiger partial charge in [-0.2, -0.15) is 0 Å². The molecule has 1 heterocycles. The number of ether oxygens (including phenoxy) is 1. The predicted octanol–water partition coefficient (Wildman–Crippen LogP) is 2.78. The summed E-state index contributed by atoms with van der Waals surface area (Å²) in [6.45, 7) is 6.68. The van der Waals surface area contributed by atoms with Crippen LogP contribution in [-0.2, 0) is 9.53 Å². The van der Waals surface area contributed by atoms with Crippen LogP contribution in [0.3, 0.4) is 0 Å². The van der Waals surface area contributed by atoms with Crippen molar-refractivity contribution in [3.05, 3.63) is 47.0 Å². The van der Waals surface area contributed by atoms with Gasteiger partial charge in [-0.25, -0.2) is 9.78 Å². The van der Waals surface area contributed by atoms with Crippen LogP contribution in [0.25, 0.3) is 0 Å². The molecule has 0 bridgehead atoms. The van der Waals surface area contributed by atoms with Crippen molar-refractivity contribution in [2.75, 3.05) is 5.32 Å². The summed E-state index contributed by atoms with van der Waals surface area (Å²) >= 11 is 5.89. The number of carbonyl (C=O) groups excluding carboxylic acids is 3. The van der Waals surface area contributed by atoms with Crippen LogP contribution in [0.2, 0.25) is 5.02 Å². The summed E-state index contributed by atoms with van der Waals surface area (Å²) in [4.78, 5) is 43.3. The number of anilines is 1. The van der Waals surface area contributed by atoms with E-state index in [1.807, 2.05) is 0 Å². The summed E-state index contributed by atoms with van der Waals surface area (Å²) in [5.41, 5.74) is -0.385. The first-order valence-electron chi connectivity index (χ1n) is 8.21. The van der Waals surface area contributed by atoms with E-state index in [2.05, 4.69) is 20.6 Å². The van der Waals surface area contributed by atoms with Crippen molar-refractivity contribution in [3.63, 3.8) is 0 Å². The van der Waals surface area contributed by atoms with Crippen LogP contribution in [-0.4, -0.2) is 39.4 Å². The molecule has 8 nitrogen and oxygen atoms in total. The number of nitrogens with zero attached hydrogens (tertiary/aromatic N) is 1. The fourth-order valence-electron chi connectivity index (χ4n) is 2.11. The van der Waals surface area contributed by atoms with Gasteiger partial charge in [0.15, 0.2) is 5.69 Å². The summed E-state index contributed by atoms with van der Waals surface area (Å²) in [5.74, 6) is -1.82. The molecule has 0 radical (unpaired) electrons. The molecule has 27 heavy (non-hydrogen) atoms. The topological polar surface area (TPSA) is 113 Å². The zero-order chi connectivity index (χ0) is 20.2. The minimum Gasteiger partial charge on any atom is -0.458 e. The fraction of sp³-hybridized carbons (Fsp3) is 0.333. The molecule has 3 N–H and O–H groups in total. The van der Waals surface area contributed by atoms with Gasteiger partial charge in [-0.05, 0) is 45.9 Å². The molecule has 0 aliphatic rings. The molecule has 1 aromatic carbocycles. The van der Waals surface area contributed by atoms with Crippen molar-refractivity contribution in [2.24, 2.45) is 0 Å². The molecule has 0 fully saturated rings.